The van der Waals surface area contributed by atoms with E-state index in [9.17, 15) is 13.2 Å². The van der Waals surface area contributed by atoms with Gasteiger partial charge in [0, 0.05) is 19.0 Å². The molecule has 0 radical (unpaired) electrons. The van der Waals surface area contributed by atoms with E-state index < -0.39 is 11.7 Å². The first kappa shape index (κ1) is 23.2. The number of rotatable bonds is 7. The number of imidazole rings is 1. The number of hydrogen-bond donors (Lipinski definition) is 0. The third-order valence-electron chi connectivity index (χ3n) is 5.16. The van der Waals surface area contributed by atoms with Gasteiger partial charge in [0.25, 0.3) is 0 Å². The summed E-state index contributed by atoms with van der Waals surface area (Å²) in [4.78, 5) is 17.1. The number of benzene rings is 2. The zero-order chi connectivity index (χ0) is 24.3. The normalized spacial score (nSPS) is 11.5. The first-order valence-electron chi connectivity index (χ1n) is 10.4. The molecular formula is C24H22F3N5O2. The van der Waals surface area contributed by atoms with Crippen LogP contribution < -0.4 is 9.47 Å². The van der Waals surface area contributed by atoms with Crippen LogP contribution in [-0.4, -0.2) is 38.7 Å². The quantitative estimate of drug-likeness (QED) is 0.394. The van der Waals surface area contributed by atoms with Gasteiger partial charge in [-0.05, 0) is 36.2 Å². The lowest BCUT2D eigenvalue weighted by Gasteiger charge is -2.13. The second-order valence-electron chi connectivity index (χ2n) is 7.59. The molecule has 0 atom stereocenters. The summed E-state index contributed by atoms with van der Waals surface area (Å²) in [6.45, 7) is 1.90. The van der Waals surface area contributed by atoms with E-state index in [-0.39, 0.29) is 23.8 Å². The zero-order valence-electron chi connectivity index (χ0n) is 18.8. The van der Waals surface area contributed by atoms with E-state index in [1.165, 1.54) is 19.2 Å². The molecule has 176 valence electrons. The summed E-state index contributed by atoms with van der Waals surface area (Å²) in [7, 11) is 2.98. The Morgan fingerprint density at radius 3 is 2.29 bits per heavy atom. The third kappa shape index (κ3) is 5.16. The smallest absolute Gasteiger partial charge is 0.416 e. The van der Waals surface area contributed by atoms with Gasteiger partial charge >= 0.3 is 12.2 Å². The fourth-order valence-electron chi connectivity index (χ4n) is 3.60. The minimum Gasteiger partial charge on any atom is -0.495 e. The number of aryl methyl sites for hydroxylation is 1. The molecule has 34 heavy (non-hydrogen) atoms. The second kappa shape index (κ2) is 9.50. The van der Waals surface area contributed by atoms with Gasteiger partial charge in [-0.15, -0.1) is 0 Å². The molecule has 0 aliphatic heterocycles. The maximum atomic E-state index is 13.4. The molecule has 2 aromatic heterocycles. The summed E-state index contributed by atoms with van der Waals surface area (Å²) in [5.41, 5.74) is 1.92. The summed E-state index contributed by atoms with van der Waals surface area (Å²) in [6, 6.07) is 11.1. The topological polar surface area (TPSA) is 75.0 Å². The van der Waals surface area contributed by atoms with Gasteiger partial charge in [-0.3, -0.25) is 0 Å². The van der Waals surface area contributed by atoms with Crippen LogP contribution in [0.5, 0.6) is 11.8 Å². The molecule has 0 saturated heterocycles. The Kier molecular flexibility index (Phi) is 6.49. The minimum absolute atomic E-state index is 0.0435. The van der Waals surface area contributed by atoms with Crippen LogP contribution in [0.3, 0.4) is 0 Å². The predicted molar refractivity (Wildman–Crippen MR) is 118 cm³/mol. The van der Waals surface area contributed by atoms with Crippen LogP contribution in [0.4, 0.5) is 13.2 Å². The third-order valence-corrected chi connectivity index (χ3v) is 5.16. The summed E-state index contributed by atoms with van der Waals surface area (Å²) in [5.74, 6) is 1.20. The Balaban J connectivity index is 1.63. The van der Waals surface area contributed by atoms with Crippen LogP contribution >= 0.6 is 0 Å². The number of nitrogens with zero attached hydrogens (tertiary/aromatic N) is 5. The summed E-state index contributed by atoms with van der Waals surface area (Å²) in [6.07, 6.45) is -0.674. The fourth-order valence-corrected chi connectivity index (χ4v) is 3.60. The molecule has 0 aliphatic rings. The van der Waals surface area contributed by atoms with Gasteiger partial charge in [-0.2, -0.15) is 23.1 Å². The minimum atomic E-state index is -4.47. The van der Waals surface area contributed by atoms with Crippen LogP contribution in [-0.2, 0) is 19.0 Å². The lowest BCUT2D eigenvalue weighted by Crippen LogP contribution is -2.12. The van der Waals surface area contributed by atoms with Crippen molar-refractivity contribution in [2.75, 3.05) is 14.2 Å². The average molecular weight is 469 g/mol. The van der Waals surface area contributed by atoms with E-state index in [1.54, 1.807) is 19.5 Å². The molecule has 2 heterocycles. The van der Waals surface area contributed by atoms with Crippen LogP contribution in [0.1, 0.15) is 34.0 Å². The molecule has 0 fully saturated rings. The van der Waals surface area contributed by atoms with Gasteiger partial charge in [0.1, 0.15) is 17.4 Å². The molecule has 0 bridgehead atoms. The zero-order valence-corrected chi connectivity index (χ0v) is 18.8. The highest BCUT2D eigenvalue weighted by atomic mass is 19.4. The Bertz CT molecular complexity index is 1300. The van der Waals surface area contributed by atoms with E-state index in [0.717, 1.165) is 23.0 Å². The highest BCUT2D eigenvalue weighted by Crippen LogP contribution is 2.32. The Hall–Kier alpha value is -3.95. The maximum Gasteiger partial charge on any atom is 0.416 e. The monoisotopic (exact) mass is 469 g/mol. The molecular weight excluding hydrogens is 447 g/mol. The van der Waals surface area contributed by atoms with E-state index in [0.29, 0.717) is 18.0 Å². The van der Waals surface area contributed by atoms with Gasteiger partial charge in [0.05, 0.1) is 37.5 Å². The van der Waals surface area contributed by atoms with Crippen molar-refractivity contribution in [3.8, 4) is 17.4 Å². The highest BCUT2D eigenvalue weighted by Gasteiger charge is 2.33. The Morgan fingerprint density at radius 1 is 0.912 bits per heavy atom. The van der Waals surface area contributed by atoms with E-state index in [1.807, 2.05) is 35.9 Å². The lowest BCUT2D eigenvalue weighted by molar-refractivity contribution is -0.138. The van der Waals surface area contributed by atoms with E-state index >= 15 is 0 Å². The first-order valence-corrected chi connectivity index (χ1v) is 10.4. The number of alkyl halides is 3. The van der Waals surface area contributed by atoms with Gasteiger partial charge in [-0.25, -0.2) is 9.97 Å². The summed E-state index contributed by atoms with van der Waals surface area (Å²) < 4.78 is 52.8. The molecule has 0 spiro atoms. The highest BCUT2D eigenvalue weighted by molar-refractivity contribution is 5.49. The predicted octanol–water partition coefficient (Wildman–Crippen LogP) is 4.58. The van der Waals surface area contributed by atoms with Crippen molar-refractivity contribution in [3.05, 3.63) is 89.0 Å². The molecule has 10 heteroatoms. The van der Waals surface area contributed by atoms with E-state index in [4.69, 9.17) is 9.47 Å². The molecule has 4 rings (SSSR count). The van der Waals surface area contributed by atoms with Crippen LogP contribution in [0.15, 0.2) is 55.0 Å². The van der Waals surface area contributed by atoms with Crippen molar-refractivity contribution >= 4 is 0 Å². The number of halogens is 3. The van der Waals surface area contributed by atoms with Crippen molar-refractivity contribution in [1.29, 1.82) is 0 Å². The van der Waals surface area contributed by atoms with Crippen molar-refractivity contribution in [3.63, 3.8) is 0 Å². The largest absolute Gasteiger partial charge is 0.495 e. The number of methoxy groups -OCH3 is 2. The van der Waals surface area contributed by atoms with Gasteiger partial charge in [0.15, 0.2) is 0 Å². The number of aromatic nitrogens is 5. The standard InChI is InChI=1S/C24H22F3N5O2/c1-15-13-32(14-28-15)19-9-8-16(10-20(19)33-2)11-21-29-22(31-23(30-21)34-3)12-17-6-4-5-7-18(17)24(25,26)27/h4-10,13-14H,11-12H2,1-3H3. The molecule has 2 aromatic carbocycles. The van der Waals surface area contributed by atoms with Crippen molar-refractivity contribution in [2.45, 2.75) is 25.9 Å². The Morgan fingerprint density at radius 2 is 1.65 bits per heavy atom. The second-order valence-corrected chi connectivity index (χ2v) is 7.59. The van der Waals surface area contributed by atoms with Crippen LogP contribution in [0.2, 0.25) is 0 Å². The van der Waals surface area contributed by atoms with Crippen molar-refractivity contribution in [2.24, 2.45) is 0 Å². The van der Waals surface area contributed by atoms with Crippen LogP contribution in [0.25, 0.3) is 5.69 Å². The Labute approximate surface area is 194 Å². The summed E-state index contributed by atoms with van der Waals surface area (Å²) >= 11 is 0. The molecule has 0 unspecified atom stereocenters. The maximum absolute atomic E-state index is 13.4. The van der Waals surface area contributed by atoms with Gasteiger partial charge < -0.3 is 14.0 Å². The first-order chi connectivity index (χ1) is 16.3. The molecule has 4 aromatic rings. The molecule has 0 aliphatic carbocycles. The average Bonchev–Trinajstić information content (AvgIpc) is 3.24. The van der Waals surface area contributed by atoms with E-state index in [2.05, 4.69) is 19.9 Å². The molecule has 0 amide bonds. The van der Waals surface area contributed by atoms with Crippen LogP contribution in [0, 0.1) is 6.92 Å². The van der Waals surface area contributed by atoms with Crippen molar-refractivity contribution in [1.82, 2.24) is 24.5 Å². The molecule has 0 N–H and O–H groups in total. The fraction of sp³-hybridized carbons (Fsp3) is 0.250. The van der Waals surface area contributed by atoms with Gasteiger partial charge in [0.2, 0.25) is 0 Å². The molecule has 7 nitrogen and oxygen atoms in total. The van der Waals surface area contributed by atoms with Gasteiger partial charge in [-0.1, -0.05) is 24.3 Å². The van der Waals surface area contributed by atoms with Crippen molar-refractivity contribution < 1.29 is 22.6 Å². The SMILES string of the molecule is COc1nc(Cc2ccc(-n3cnc(C)c3)c(OC)c2)nc(Cc2ccccc2C(F)(F)F)n1. The number of ether oxygens (including phenoxy) is 2. The lowest BCUT2D eigenvalue weighted by atomic mass is 10.0. The summed E-state index contributed by atoms with van der Waals surface area (Å²) in [5, 5.41) is 0. The number of hydrogen-bond acceptors (Lipinski definition) is 6. The molecule has 0 saturated carbocycles.